The minimum Gasteiger partial charge on any atom is -0.423 e. The molecule has 3 aromatic rings. The Labute approximate surface area is 170 Å². The number of rotatable bonds is 4. The topological polar surface area (TPSA) is 50.1 Å². The van der Waals surface area contributed by atoms with Crippen LogP contribution < -0.4 is 4.74 Å². The second-order valence-corrected chi connectivity index (χ2v) is 7.00. The highest BCUT2D eigenvalue weighted by molar-refractivity contribution is 9.10. The Morgan fingerprint density at radius 3 is 2.44 bits per heavy atom. The van der Waals surface area contributed by atoms with E-state index in [1.54, 1.807) is 66.7 Å². The molecular formula is C22H13BrClNO2. The Morgan fingerprint density at radius 2 is 1.74 bits per heavy atom. The van der Waals surface area contributed by atoms with E-state index in [2.05, 4.69) is 22.0 Å². The number of hydrogen-bond donors (Lipinski definition) is 0. The smallest absolute Gasteiger partial charge is 0.343 e. The highest BCUT2D eigenvalue weighted by atomic mass is 79.9. The van der Waals surface area contributed by atoms with Crippen LogP contribution in [0.4, 0.5) is 0 Å². The third kappa shape index (κ3) is 5.07. The summed E-state index contributed by atoms with van der Waals surface area (Å²) in [6.45, 7) is 0. The zero-order valence-corrected chi connectivity index (χ0v) is 16.4. The molecule has 0 radical (unpaired) electrons. The van der Waals surface area contributed by atoms with Crippen LogP contribution in [0.15, 0.2) is 77.3 Å². The molecule has 0 heterocycles. The predicted molar refractivity (Wildman–Crippen MR) is 110 cm³/mol. The molecule has 3 aromatic carbocycles. The minimum absolute atomic E-state index is 0.405. The summed E-state index contributed by atoms with van der Waals surface area (Å²) in [4.78, 5) is 12.3. The molecule has 27 heavy (non-hydrogen) atoms. The third-order valence-corrected chi connectivity index (χ3v) is 4.46. The van der Waals surface area contributed by atoms with Crippen molar-refractivity contribution in [1.82, 2.24) is 0 Å². The van der Waals surface area contributed by atoms with E-state index < -0.39 is 5.97 Å². The highest BCUT2D eigenvalue weighted by Gasteiger charge is 2.09. The monoisotopic (exact) mass is 437 g/mol. The van der Waals surface area contributed by atoms with Crippen LogP contribution in [-0.4, -0.2) is 5.97 Å². The fraction of sp³-hybridized carbons (Fsp3) is 0. The lowest BCUT2D eigenvalue weighted by Crippen LogP contribution is -2.08. The van der Waals surface area contributed by atoms with E-state index in [4.69, 9.17) is 16.3 Å². The van der Waals surface area contributed by atoms with E-state index in [9.17, 15) is 10.1 Å². The summed E-state index contributed by atoms with van der Waals surface area (Å²) in [7, 11) is 0. The number of esters is 1. The molecular weight excluding hydrogens is 426 g/mol. The van der Waals surface area contributed by atoms with Gasteiger partial charge in [-0.2, -0.15) is 5.26 Å². The summed E-state index contributed by atoms with van der Waals surface area (Å²) in [5.74, 6) is -0.0437. The van der Waals surface area contributed by atoms with Gasteiger partial charge in [0.2, 0.25) is 0 Å². The van der Waals surface area contributed by atoms with Crippen molar-refractivity contribution in [2.75, 3.05) is 0 Å². The first-order valence-electron chi connectivity index (χ1n) is 8.01. The lowest BCUT2D eigenvalue weighted by atomic mass is 10.0. The molecule has 5 heteroatoms. The standard InChI is InChI=1S/C22H13BrClNO2/c23-19-5-2-4-17(13-19)22(26)27-21-6-1-3-15(12-21)11-18(14-25)16-7-9-20(24)10-8-16/h1-13H/b18-11-. The number of carbonyl (C=O) groups is 1. The molecule has 0 aliphatic heterocycles. The van der Waals surface area contributed by atoms with Gasteiger partial charge < -0.3 is 4.74 Å². The average Bonchev–Trinajstić information content (AvgIpc) is 2.67. The second kappa shape index (κ2) is 8.68. The molecule has 0 unspecified atom stereocenters. The summed E-state index contributed by atoms with van der Waals surface area (Å²) < 4.78 is 6.24. The number of benzene rings is 3. The molecule has 0 atom stereocenters. The largest absolute Gasteiger partial charge is 0.423 e. The summed E-state index contributed by atoms with van der Waals surface area (Å²) >= 11 is 9.23. The number of nitrogens with zero attached hydrogens (tertiary/aromatic N) is 1. The maximum atomic E-state index is 12.3. The summed E-state index contributed by atoms with van der Waals surface area (Å²) in [6.07, 6.45) is 1.74. The van der Waals surface area contributed by atoms with E-state index in [0.29, 0.717) is 21.9 Å². The number of ether oxygens (including phenoxy) is 1. The van der Waals surface area contributed by atoms with Crippen LogP contribution in [0.3, 0.4) is 0 Å². The fourth-order valence-corrected chi connectivity index (χ4v) is 2.95. The molecule has 0 saturated heterocycles. The first-order valence-corrected chi connectivity index (χ1v) is 9.18. The normalized spacial score (nSPS) is 10.9. The number of nitriles is 1. The fourth-order valence-electron chi connectivity index (χ4n) is 2.43. The molecule has 0 spiro atoms. The Morgan fingerprint density at radius 1 is 1.00 bits per heavy atom. The Hall–Kier alpha value is -2.87. The van der Waals surface area contributed by atoms with Crippen molar-refractivity contribution in [1.29, 1.82) is 5.26 Å². The Kier molecular flexibility index (Phi) is 6.08. The van der Waals surface area contributed by atoms with Gasteiger partial charge in [0.1, 0.15) is 5.75 Å². The van der Waals surface area contributed by atoms with Gasteiger partial charge in [0.05, 0.1) is 17.2 Å². The van der Waals surface area contributed by atoms with Crippen molar-refractivity contribution in [2.45, 2.75) is 0 Å². The van der Waals surface area contributed by atoms with Gasteiger partial charge in [-0.3, -0.25) is 0 Å². The zero-order valence-electron chi connectivity index (χ0n) is 14.0. The van der Waals surface area contributed by atoms with Crippen molar-refractivity contribution in [3.63, 3.8) is 0 Å². The average molecular weight is 439 g/mol. The predicted octanol–water partition coefficient (Wildman–Crippen LogP) is 6.39. The van der Waals surface area contributed by atoms with Crippen molar-refractivity contribution in [3.8, 4) is 11.8 Å². The molecule has 0 N–H and O–H groups in total. The van der Waals surface area contributed by atoms with Gasteiger partial charge in [-0.1, -0.05) is 57.9 Å². The van der Waals surface area contributed by atoms with Crippen LogP contribution in [0.2, 0.25) is 5.02 Å². The van der Waals surface area contributed by atoms with Crippen LogP contribution >= 0.6 is 27.5 Å². The molecule has 0 bridgehead atoms. The van der Waals surface area contributed by atoms with Gasteiger partial charge in [0.25, 0.3) is 0 Å². The van der Waals surface area contributed by atoms with E-state index in [0.717, 1.165) is 15.6 Å². The zero-order chi connectivity index (χ0) is 19.2. The molecule has 0 aliphatic carbocycles. The Balaban J connectivity index is 1.83. The second-order valence-electron chi connectivity index (χ2n) is 5.65. The van der Waals surface area contributed by atoms with Crippen molar-refractivity contribution < 1.29 is 9.53 Å². The molecule has 132 valence electrons. The maximum absolute atomic E-state index is 12.3. The van der Waals surface area contributed by atoms with Gasteiger partial charge in [-0.15, -0.1) is 0 Å². The van der Waals surface area contributed by atoms with E-state index >= 15 is 0 Å². The van der Waals surface area contributed by atoms with Crippen LogP contribution in [0, 0.1) is 11.3 Å². The maximum Gasteiger partial charge on any atom is 0.343 e. The van der Waals surface area contributed by atoms with Gasteiger partial charge in [0.15, 0.2) is 0 Å². The third-order valence-electron chi connectivity index (χ3n) is 3.72. The highest BCUT2D eigenvalue weighted by Crippen LogP contribution is 2.23. The summed E-state index contributed by atoms with van der Waals surface area (Å²) in [6, 6.07) is 23.2. The van der Waals surface area contributed by atoms with Crippen LogP contribution in [0.5, 0.6) is 5.75 Å². The van der Waals surface area contributed by atoms with E-state index in [1.807, 2.05) is 12.1 Å². The first kappa shape index (κ1) is 18.9. The molecule has 0 aromatic heterocycles. The molecule has 0 aliphatic rings. The van der Waals surface area contributed by atoms with Gasteiger partial charge in [0, 0.05) is 9.50 Å². The summed E-state index contributed by atoms with van der Waals surface area (Å²) in [5, 5.41) is 10.1. The number of hydrogen-bond acceptors (Lipinski definition) is 3. The molecule has 3 rings (SSSR count). The molecule has 0 fully saturated rings. The van der Waals surface area contributed by atoms with Crippen molar-refractivity contribution in [2.24, 2.45) is 0 Å². The van der Waals surface area contributed by atoms with Crippen molar-refractivity contribution in [3.05, 3.63) is 99.0 Å². The lowest BCUT2D eigenvalue weighted by Gasteiger charge is -2.06. The quantitative estimate of drug-likeness (QED) is 0.205. The Bertz CT molecular complexity index is 1050. The van der Waals surface area contributed by atoms with E-state index in [-0.39, 0.29) is 0 Å². The minimum atomic E-state index is -0.448. The lowest BCUT2D eigenvalue weighted by molar-refractivity contribution is 0.0734. The van der Waals surface area contributed by atoms with Crippen molar-refractivity contribution >= 4 is 45.1 Å². The van der Waals surface area contributed by atoms with E-state index in [1.165, 1.54) is 0 Å². The SMILES string of the molecule is N#C/C(=C/c1cccc(OC(=O)c2cccc(Br)c2)c1)c1ccc(Cl)cc1. The number of allylic oxidation sites excluding steroid dienone is 1. The summed E-state index contributed by atoms with van der Waals surface area (Å²) in [5.41, 5.74) is 2.45. The van der Waals surface area contributed by atoms with Crippen LogP contribution in [-0.2, 0) is 0 Å². The van der Waals surface area contributed by atoms with Gasteiger partial charge in [-0.05, 0) is 59.7 Å². The number of carbonyl (C=O) groups excluding carboxylic acids is 1. The van der Waals surface area contributed by atoms with Gasteiger partial charge >= 0.3 is 5.97 Å². The molecule has 3 nitrogen and oxygen atoms in total. The number of halogens is 2. The molecule has 0 saturated carbocycles. The van der Waals surface area contributed by atoms with Crippen LogP contribution in [0.1, 0.15) is 21.5 Å². The van der Waals surface area contributed by atoms with Crippen LogP contribution in [0.25, 0.3) is 11.6 Å². The molecule has 0 amide bonds. The van der Waals surface area contributed by atoms with Gasteiger partial charge in [-0.25, -0.2) is 4.79 Å². The first-order chi connectivity index (χ1) is 13.0.